The van der Waals surface area contributed by atoms with Crippen LogP contribution in [-0.4, -0.2) is 16.9 Å². The van der Waals surface area contributed by atoms with Gasteiger partial charge in [0.2, 0.25) is 0 Å². The fourth-order valence-corrected chi connectivity index (χ4v) is 0. The Kier molecular flexibility index (Phi) is 14.2. The van der Waals surface area contributed by atoms with Gasteiger partial charge < -0.3 is 11.2 Å². The van der Waals surface area contributed by atoms with E-state index in [4.69, 9.17) is 9.79 Å². The molecule has 0 rings (SSSR count). The van der Waals surface area contributed by atoms with E-state index in [0.29, 0.717) is 0 Å². The van der Waals surface area contributed by atoms with Gasteiger partial charge in [-0.15, -0.1) is 0 Å². The molecule has 0 fully saturated rings. The van der Waals surface area contributed by atoms with Crippen LogP contribution < -0.4 is 29.6 Å². The van der Waals surface area contributed by atoms with Crippen molar-refractivity contribution < 1.29 is 71.6 Å². The molecule has 0 heterocycles. The summed E-state index contributed by atoms with van der Waals surface area (Å²) in [5.74, 6) is 0. The number of phosphoric acid groups is 1. The maximum Gasteiger partial charge on any atom is 1.00 e. The van der Waals surface area contributed by atoms with Crippen LogP contribution >= 0.6 is 7.82 Å². The molecule has 0 aliphatic rings. The molecule has 2 N–H and O–H groups in total. The molecule has 0 bridgehead atoms. The largest absolute Gasteiger partial charge is 1.00 e. The Morgan fingerprint density at radius 1 is 1.62 bits per heavy atom. The van der Waals surface area contributed by atoms with Crippen molar-refractivity contribution in [2.24, 2.45) is 0 Å². The molecule has 0 spiro atoms. The summed E-state index contributed by atoms with van der Waals surface area (Å²) < 4.78 is 13.1. The van der Waals surface area contributed by atoms with Crippen LogP contribution in [0.4, 0.5) is 0 Å². The van der Waals surface area contributed by atoms with E-state index in [1.807, 2.05) is 0 Å². The summed E-state index contributed by atoms with van der Waals surface area (Å²) >= 11 is 0. The Morgan fingerprint density at radius 3 is 1.75 bits per heavy atom. The first-order chi connectivity index (χ1) is 2.56. The Morgan fingerprint density at radius 2 is 1.75 bits per heavy atom. The van der Waals surface area contributed by atoms with Crippen molar-refractivity contribution >= 4 is 7.82 Å². The molecular weight excluding hydrogens is 178 g/mol. The number of rotatable bonds is 1. The summed E-state index contributed by atoms with van der Waals surface area (Å²) in [6, 6.07) is 0. The van der Waals surface area contributed by atoms with Crippen molar-refractivity contribution in [2.75, 3.05) is 7.11 Å². The minimum Gasteiger partial charge on any atom is -1.00 e. The van der Waals surface area contributed by atoms with Gasteiger partial charge in [0.25, 0.3) is 0 Å². The first-order valence-corrected chi connectivity index (χ1v) is 2.70. The van der Waals surface area contributed by atoms with Crippen LogP contribution in [-0.2, 0) is 30.8 Å². The zero-order chi connectivity index (χ0) is 5.21. The summed E-state index contributed by atoms with van der Waals surface area (Å²) in [4.78, 5) is 15.4. The molecule has 7 heteroatoms. The van der Waals surface area contributed by atoms with E-state index in [9.17, 15) is 4.57 Å². The quantitative estimate of drug-likeness (QED) is 0.333. The average molecular weight is 184 g/mol. The molecular formula is CH6NaO4PTi. The van der Waals surface area contributed by atoms with E-state index in [1.165, 1.54) is 0 Å². The maximum absolute atomic E-state index is 9.47. The molecule has 0 aromatic heterocycles. The van der Waals surface area contributed by atoms with Crippen LogP contribution in [0.15, 0.2) is 0 Å². The fourth-order valence-electron chi connectivity index (χ4n) is 0. The van der Waals surface area contributed by atoms with Crippen molar-refractivity contribution in [3.05, 3.63) is 0 Å². The fraction of sp³-hybridized carbons (Fsp3) is 1.00. The maximum atomic E-state index is 9.47. The summed E-state index contributed by atoms with van der Waals surface area (Å²) in [5, 5.41) is 0. The standard InChI is InChI=1S/CH5O4P.Na.Ti.H/c1-5-6(2,3)4;;;/h1H3,(H2,2,3,4);;;/q;+1;;-1. The Hall–Kier alpha value is 1.82. The molecule has 0 amide bonds. The van der Waals surface area contributed by atoms with Gasteiger partial charge in [0.1, 0.15) is 0 Å². The second-order valence-corrected chi connectivity index (χ2v) is 2.02. The molecule has 44 valence electrons. The van der Waals surface area contributed by atoms with Gasteiger partial charge in [0, 0.05) is 28.8 Å². The van der Waals surface area contributed by atoms with Crippen molar-refractivity contribution in [1.29, 1.82) is 0 Å². The molecule has 4 nitrogen and oxygen atoms in total. The van der Waals surface area contributed by atoms with E-state index in [0.717, 1.165) is 7.11 Å². The molecule has 0 aliphatic carbocycles. The van der Waals surface area contributed by atoms with Crippen molar-refractivity contribution in [3.63, 3.8) is 0 Å². The third kappa shape index (κ3) is 15.7. The summed E-state index contributed by atoms with van der Waals surface area (Å²) in [6.07, 6.45) is 0. The number of hydrogen-bond donors (Lipinski definition) is 2. The molecule has 0 radical (unpaired) electrons. The van der Waals surface area contributed by atoms with Gasteiger partial charge in [-0.3, -0.25) is 4.52 Å². The van der Waals surface area contributed by atoms with Crippen LogP contribution in [0.3, 0.4) is 0 Å². The summed E-state index contributed by atoms with van der Waals surface area (Å²) in [6.45, 7) is 0. The Labute approximate surface area is 85.9 Å². The number of hydrogen-bond acceptors (Lipinski definition) is 2. The summed E-state index contributed by atoms with van der Waals surface area (Å²) in [5.41, 5.74) is 0. The van der Waals surface area contributed by atoms with E-state index in [1.54, 1.807) is 0 Å². The third-order valence-corrected chi connectivity index (χ3v) is 0.714. The van der Waals surface area contributed by atoms with Gasteiger partial charge in [-0.2, -0.15) is 0 Å². The molecule has 0 unspecified atom stereocenters. The monoisotopic (exact) mass is 184 g/mol. The van der Waals surface area contributed by atoms with Gasteiger partial charge in [-0.05, 0) is 0 Å². The van der Waals surface area contributed by atoms with Gasteiger partial charge >= 0.3 is 37.4 Å². The average Bonchev–Trinajstić information content (AvgIpc) is 1.35. The predicted octanol–water partition coefficient (Wildman–Crippen LogP) is -3.16. The summed E-state index contributed by atoms with van der Waals surface area (Å²) in [7, 11) is -3.20. The molecule has 0 aromatic carbocycles. The van der Waals surface area contributed by atoms with Gasteiger partial charge in [-0.25, -0.2) is 4.57 Å². The second-order valence-electron chi connectivity index (χ2n) is 0.673. The topological polar surface area (TPSA) is 66.8 Å². The molecule has 8 heavy (non-hydrogen) atoms. The van der Waals surface area contributed by atoms with Gasteiger partial charge in [0.15, 0.2) is 0 Å². The zero-order valence-electron chi connectivity index (χ0n) is 5.66. The molecule has 0 saturated heterocycles. The Bertz CT molecular complexity index is 84.6. The minimum absolute atomic E-state index is 0. The first-order valence-electron chi connectivity index (χ1n) is 1.17. The normalized spacial score (nSPS) is 8.88. The molecule has 0 atom stereocenters. The van der Waals surface area contributed by atoms with E-state index < -0.39 is 7.82 Å². The first kappa shape index (κ1) is 16.4. The predicted molar refractivity (Wildman–Crippen MR) is 20.2 cm³/mol. The minimum atomic E-state index is -4.15. The third-order valence-electron chi connectivity index (χ3n) is 0.238. The van der Waals surface area contributed by atoms with Crippen LogP contribution in [0.2, 0.25) is 0 Å². The Balaban J connectivity index is -0.0000000417. The van der Waals surface area contributed by atoms with E-state index in [2.05, 4.69) is 4.52 Å². The zero-order valence-corrected chi connectivity index (χ0v) is 9.11. The van der Waals surface area contributed by atoms with Gasteiger partial charge in [0.05, 0.1) is 0 Å². The molecule has 0 saturated carbocycles. The smallest absolute Gasteiger partial charge is 1.00 e. The SMILES string of the molecule is COP(=O)(O)O.[H-].[Na+].[Ti]. The molecule has 0 aliphatic heterocycles. The number of phosphoric ester groups is 1. The van der Waals surface area contributed by atoms with E-state index in [-0.39, 0.29) is 52.7 Å². The van der Waals surface area contributed by atoms with Crippen LogP contribution in [0.1, 0.15) is 1.43 Å². The van der Waals surface area contributed by atoms with E-state index >= 15 is 0 Å². The van der Waals surface area contributed by atoms with Crippen LogP contribution in [0, 0.1) is 0 Å². The van der Waals surface area contributed by atoms with Crippen LogP contribution in [0.5, 0.6) is 0 Å². The van der Waals surface area contributed by atoms with Crippen molar-refractivity contribution in [2.45, 2.75) is 0 Å². The second kappa shape index (κ2) is 6.94. The van der Waals surface area contributed by atoms with Gasteiger partial charge in [-0.1, -0.05) is 0 Å². The van der Waals surface area contributed by atoms with Crippen molar-refractivity contribution in [1.82, 2.24) is 0 Å². The van der Waals surface area contributed by atoms with Crippen molar-refractivity contribution in [3.8, 4) is 0 Å². The van der Waals surface area contributed by atoms with Crippen LogP contribution in [0.25, 0.3) is 0 Å². The molecule has 0 aromatic rings.